The maximum absolute atomic E-state index is 4.04. The summed E-state index contributed by atoms with van der Waals surface area (Å²) in [6.45, 7) is 11.0. The highest BCUT2D eigenvalue weighted by molar-refractivity contribution is 4.93. The second-order valence-corrected chi connectivity index (χ2v) is 5.11. The first kappa shape index (κ1) is 10.8. The normalized spacial score (nSPS) is 29.2. The molecule has 0 radical (unpaired) electrons. The lowest BCUT2D eigenvalue weighted by Gasteiger charge is -2.34. The first-order valence-corrected chi connectivity index (χ1v) is 5.75. The van der Waals surface area contributed by atoms with Gasteiger partial charge in [0.15, 0.2) is 0 Å². The number of allylic oxidation sites excluding steroid dienone is 1. The Morgan fingerprint density at radius 2 is 1.92 bits per heavy atom. The number of rotatable bonds is 3. The monoisotopic (exact) mass is 180 g/mol. The molecule has 0 aromatic heterocycles. The predicted octanol–water partition coefficient (Wildman–Crippen LogP) is 4.42. The van der Waals surface area contributed by atoms with Crippen molar-refractivity contribution in [2.75, 3.05) is 0 Å². The predicted molar refractivity (Wildman–Crippen MR) is 59.7 cm³/mol. The minimum atomic E-state index is 0.865. The van der Waals surface area contributed by atoms with Gasteiger partial charge in [-0.15, -0.1) is 6.58 Å². The molecule has 0 bridgehead atoms. The van der Waals surface area contributed by atoms with Crippen molar-refractivity contribution < 1.29 is 0 Å². The maximum Gasteiger partial charge on any atom is -0.0295 e. The first-order chi connectivity index (χ1) is 6.11. The van der Waals surface area contributed by atoms with Gasteiger partial charge < -0.3 is 0 Å². The minimum absolute atomic E-state index is 0.865. The van der Waals surface area contributed by atoms with Crippen molar-refractivity contribution in [2.45, 2.75) is 52.9 Å². The Balaban J connectivity index is 2.51. The zero-order chi connectivity index (χ0) is 9.84. The van der Waals surface area contributed by atoms with Crippen molar-refractivity contribution in [1.29, 1.82) is 0 Å². The largest absolute Gasteiger partial charge is 0.100 e. The molecule has 76 valence electrons. The van der Waals surface area contributed by atoms with Gasteiger partial charge in [0.2, 0.25) is 0 Å². The molecule has 2 atom stereocenters. The molecule has 0 saturated heterocycles. The van der Waals surface area contributed by atoms with Crippen molar-refractivity contribution in [3.8, 4) is 0 Å². The highest BCUT2D eigenvalue weighted by atomic mass is 14.3. The van der Waals surface area contributed by atoms with E-state index in [1.807, 2.05) is 0 Å². The Kier molecular flexibility index (Phi) is 4.02. The summed E-state index contributed by atoms with van der Waals surface area (Å²) in [6.07, 6.45) is 7.06. The molecular weight excluding hydrogens is 156 g/mol. The average Bonchev–Trinajstić information content (AvgIpc) is 2.03. The van der Waals surface area contributed by atoms with Gasteiger partial charge >= 0.3 is 0 Å². The van der Waals surface area contributed by atoms with E-state index in [1.165, 1.54) is 37.7 Å². The van der Waals surface area contributed by atoms with E-state index >= 15 is 0 Å². The third-order valence-corrected chi connectivity index (χ3v) is 3.43. The van der Waals surface area contributed by atoms with Gasteiger partial charge in [0, 0.05) is 0 Å². The van der Waals surface area contributed by atoms with Crippen molar-refractivity contribution in [3.63, 3.8) is 0 Å². The maximum atomic E-state index is 4.04. The SMILES string of the molecule is C=C(C)CC1CCCCC1C(C)C. The van der Waals surface area contributed by atoms with Crippen molar-refractivity contribution in [1.82, 2.24) is 0 Å². The molecule has 1 aliphatic rings. The van der Waals surface area contributed by atoms with Crippen LogP contribution in [0.4, 0.5) is 0 Å². The summed E-state index contributed by atoms with van der Waals surface area (Å²) in [4.78, 5) is 0. The fourth-order valence-electron chi connectivity index (χ4n) is 2.82. The fourth-order valence-corrected chi connectivity index (χ4v) is 2.82. The summed E-state index contributed by atoms with van der Waals surface area (Å²) in [5.74, 6) is 2.77. The molecule has 1 rings (SSSR count). The van der Waals surface area contributed by atoms with Crippen LogP contribution < -0.4 is 0 Å². The smallest absolute Gasteiger partial charge is 0.0295 e. The Labute approximate surface area is 83.4 Å². The summed E-state index contributed by atoms with van der Waals surface area (Å²) < 4.78 is 0. The van der Waals surface area contributed by atoms with E-state index in [1.54, 1.807) is 0 Å². The van der Waals surface area contributed by atoms with Crippen LogP contribution in [0, 0.1) is 17.8 Å². The van der Waals surface area contributed by atoms with E-state index in [4.69, 9.17) is 0 Å². The Hall–Kier alpha value is -0.260. The molecule has 1 fully saturated rings. The first-order valence-electron chi connectivity index (χ1n) is 5.75. The number of hydrogen-bond acceptors (Lipinski definition) is 0. The lowest BCUT2D eigenvalue weighted by molar-refractivity contribution is 0.179. The van der Waals surface area contributed by atoms with Crippen molar-refractivity contribution in [2.24, 2.45) is 17.8 Å². The molecule has 1 aliphatic carbocycles. The summed E-state index contributed by atoms with van der Waals surface area (Å²) in [6, 6.07) is 0. The summed E-state index contributed by atoms with van der Waals surface area (Å²) in [7, 11) is 0. The summed E-state index contributed by atoms with van der Waals surface area (Å²) >= 11 is 0. The second-order valence-electron chi connectivity index (χ2n) is 5.11. The van der Waals surface area contributed by atoms with Crippen LogP contribution in [-0.2, 0) is 0 Å². The molecule has 0 spiro atoms. The van der Waals surface area contributed by atoms with Gasteiger partial charge in [0.25, 0.3) is 0 Å². The molecule has 0 aromatic carbocycles. The van der Waals surface area contributed by atoms with Crippen molar-refractivity contribution in [3.05, 3.63) is 12.2 Å². The van der Waals surface area contributed by atoms with Crippen LogP contribution in [0.5, 0.6) is 0 Å². The van der Waals surface area contributed by atoms with E-state index in [9.17, 15) is 0 Å². The van der Waals surface area contributed by atoms with Crippen LogP contribution >= 0.6 is 0 Å². The third kappa shape index (κ3) is 3.17. The molecule has 13 heavy (non-hydrogen) atoms. The van der Waals surface area contributed by atoms with Gasteiger partial charge in [0.1, 0.15) is 0 Å². The topological polar surface area (TPSA) is 0 Å². The lowest BCUT2D eigenvalue weighted by Crippen LogP contribution is -2.24. The Morgan fingerprint density at radius 1 is 1.31 bits per heavy atom. The molecule has 0 nitrogen and oxygen atoms in total. The van der Waals surface area contributed by atoms with Crippen LogP contribution in [0.2, 0.25) is 0 Å². The highest BCUT2D eigenvalue weighted by Gasteiger charge is 2.26. The highest BCUT2D eigenvalue weighted by Crippen LogP contribution is 2.38. The van der Waals surface area contributed by atoms with Gasteiger partial charge in [-0.1, -0.05) is 32.3 Å². The lowest BCUT2D eigenvalue weighted by atomic mass is 9.71. The van der Waals surface area contributed by atoms with Gasteiger partial charge in [-0.25, -0.2) is 0 Å². The molecular formula is C13H24. The zero-order valence-corrected chi connectivity index (χ0v) is 9.47. The van der Waals surface area contributed by atoms with E-state index in [0.29, 0.717) is 0 Å². The molecule has 0 heteroatoms. The van der Waals surface area contributed by atoms with E-state index in [-0.39, 0.29) is 0 Å². The second kappa shape index (κ2) is 4.83. The van der Waals surface area contributed by atoms with Crippen LogP contribution in [-0.4, -0.2) is 0 Å². The molecule has 2 unspecified atom stereocenters. The van der Waals surface area contributed by atoms with Gasteiger partial charge in [-0.3, -0.25) is 0 Å². The molecule has 0 aromatic rings. The summed E-state index contributed by atoms with van der Waals surface area (Å²) in [5, 5.41) is 0. The van der Waals surface area contributed by atoms with Crippen LogP contribution in [0.15, 0.2) is 12.2 Å². The van der Waals surface area contributed by atoms with E-state index in [0.717, 1.165) is 17.8 Å². The molecule has 0 heterocycles. The van der Waals surface area contributed by atoms with E-state index < -0.39 is 0 Å². The molecule has 0 amide bonds. The van der Waals surface area contributed by atoms with Gasteiger partial charge in [-0.2, -0.15) is 0 Å². The van der Waals surface area contributed by atoms with Crippen LogP contribution in [0.1, 0.15) is 52.9 Å². The quantitative estimate of drug-likeness (QED) is 0.564. The summed E-state index contributed by atoms with van der Waals surface area (Å²) in [5.41, 5.74) is 1.37. The molecule has 0 N–H and O–H groups in total. The Morgan fingerprint density at radius 3 is 2.46 bits per heavy atom. The van der Waals surface area contributed by atoms with Gasteiger partial charge in [0.05, 0.1) is 0 Å². The average molecular weight is 180 g/mol. The number of hydrogen-bond donors (Lipinski definition) is 0. The zero-order valence-electron chi connectivity index (χ0n) is 9.47. The standard InChI is InChI=1S/C13H24/c1-10(2)9-12-7-5-6-8-13(12)11(3)4/h11-13H,1,5-9H2,2-4H3. The molecule has 1 saturated carbocycles. The minimum Gasteiger partial charge on any atom is -0.100 e. The fraction of sp³-hybridized carbons (Fsp3) is 0.846. The Bertz CT molecular complexity index is 167. The van der Waals surface area contributed by atoms with Crippen LogP contribution in [0.3, 0.4) is 0 Å². The van der Waals surface area contributed by atoms with E-state index in [2.05, 4.69) is 27.4 Å². The van der Waals surface area contributed by atoms with Crippen LogP contribution in [0.25, 0.3) is 0 Å². The van der Waals surface area contributed by atoms with Gasteiger partial charge in [-0.05, 0) is 43.9 Å². The van der Waals surface area contributed by atoms with Crippen molar-refractivity contribution >= 4 is 0 Å². The third-order valence-electron chi connectivity index (χ3n) is 3.43. The molecule has 0 aliphatic heterocycles.